The van der Waals surface area contributed by atoms with Crippen molar-refractivity contribution in [1.29, 1.82) is 0 Å². The van der Waals surface area contributed by atoms with Gasteiger partial charge in [-0.05, 0) is 58.4 Å². The van der Waals surface area contributed by atoms with E-state index in [1.54, 1.807) is 30.5 Å². The van der Waals surface area contributed by atoms with Crippen molar-refractivity contribution in [3.63, 3.8) is 0 Å². The van der Waals surface area contributed by atoms with E-state index in [1.165, 1.54) is 6.07 Å². The van der Waals surface area contributed by atoms with Crippen molar-refractivity contribution in [2.45, 2.75) is 52.6 Å². The van der Waals surface area contributed by atoms with E-state index in [4.69, 9.17) is 5.73 Å². The number of benzene rings is 1. The molecule has 0 bridgehead atoms. The molecule has 3 N–H and O–H groups in total. The van der Waals surface area contributed by atoms with E-state index < -0.39 is 12.3 Å². The SMILES string of the molecule is CC(NC(C)(C)C)c1cccc(C(F)F)c1.Cc1cc(C(N)=O)ccn1. The topological polar surface area (TPSA) is 68.0 Å². The highest BCUT2D eigenvalue weighted by molar-refractivity contribution is 5.92. The molecule has 0 saturated heterocycles. The Kier molecular flexibility index (Phi) is 7.83. The van der Waals surface area contributed by atoms with Crippen LogP contribution in [0.15, 0.2) is 42.6 Å². The number of amides is 1. The van der Waals surface area contributed by atoms with Gasteiger partial charge in [0.25, 0.3) is 6.43 Å². The second kappa shape index (κ2) is 9.38. The Labute approximate surface area is 153 Å². The number of nitrogens with two attached hydrogens (primary N) is 1. The number of carbonyl (C=O) groups is 1. The Morgan fingerprint density at radius 3 is 2.23 bits per heavy atom. The average molecular weight is 363 g/mol. The fourth-order valence-electron chi connectivity index (χ4n) is 2.40. The van der Waals surface area contributed by atoms with Crippen LogP contribution in [0.1, 0.15) is 67.3 Å². The quantitative estimate of drug-likeness (QED) is 0.836. The molecular weight excluding hydrogens is 336 g/mol. The summed E-state index contributed by atoms with van der Waals surface area (Å²) in [6.07, 6.45) is -0.836. The minimum absolute atomic E-state index is 0.0275. The molecule has 1 aromatic heterocycles. The molecule has 2 rings (SSSR count). The summed E-state index contributed by atoms with van der Waals surface area (Å²) in [5.41, 5.74) is 7.28. The predicted octanol–water partition coefficient (Wildman–Crippen LogP) is 4.56. The van der Waals surface area contributed by atoms with Crippen LogP contribution in [0.3, 0.4) is 0 Å². The van der Waals surface area contributed by atoms with Crippen LogP contribution < -0.4 is 11.1 Å². The Morgan fingerprint density at radius 2 is 1.77 bits per heavy atom. The standard InChI is InChI=1S/C13H19F2N.C7H8N2O/c1-9(16-13(2,3)4)10-6-5-7-11(8-10)12(14)15;1-5-4-6(7(8)10)2-3-9-5/h5-9,12,16H,1-4H3;2-4H,1H3,(H2,8,10). The number of aromatic nitrogens is 1. The van der Waals surface area contributed by atoms with E-state index in [2.05, 4.69) is 31.1 Å². The highest BCUT2D eigenvalue weighted by Crippen LogP contribution is 2.23. The van der Waals surface area contributed by atoms with Crippen LogP contribution in [-0.2, 0) is 0 Å². The van der Waals surface area contributed by atoms with Gasteiger partial charge in [-0.3, -0.25) is 9.78 Å². The molecule has 1 heterocycles. The van der Waals surface area contributed by atoms with Crippen LogP contribution in [0, 0.1) is 6.92 Å². The fraction of sp³-hybridized carbons (Fsp3) is 0.400. The maximum absolute atomic E-state index is 12.5. The van der Waals surface area contributed by atoms with Crippen molar-refractivity contribution in [1.82, 2.24) is 10.3 Å². The van der Waals surface area contributed by atoms with Crippen LogP contribution in [0.25, 0.3) is 0 Å². The first kappa shape index (κ1) is 21.7. The second-order valence-electron chi connectivity index (χ2n) is 7.14. The minimum atomic E-state index is -2.40. The van der Waals surface area contributed by atoms with Gasteiger partial charge in [-0.2, -0.15) is 0 Å². The van der Waals surface area contributed by atoms with Gasteiger partial charge in [0.1, 0.15) is 0 Å². The van der Waals surface area contributed by atoms with Gasteiger partial charge in [0.2, 0.25) is 5.91 Å². The molecule has 0 aliphatic carbocycles. The lowest BCUT2D eigenvalue weighted by atomic mass is 10.0. The Bertz CT molecular complexity index is 727. The lowest BCUT2D eigenvalue weighted by Crippen LogP contribution is -2.37. The Hall–Kier alpha value is -2.34. The minimum Gasteiger partial charge on any atom is -0.366 e. The summed E-state index contributed by atoms with van der Waals surface area (Å²) < 4.78 is 25.1. The van der Waals surface area contributed by atoms with Gasteiger partial charge in [0.15, 0.2) is 0 Å². The molecule has 0 aliphatic heterocycles. The molecule has 1 atom stereocenters. The summed E-state index contributed by atoms with van der Waals surface area (Å²) >= 11 is 0. The first-order valence-electron chi connectivity index (χ1n) is 8.38. The molecule has 0 saturated carbocycles. The number of hydrogen-bond acceptors (Lipinski definition) is 3. The third kappa shape index (κ3) is 7.70. The molecule has 4 nitrogen and oxygen atoms in total. The van der Waals surface area contributed by atoms with Gasteiger partial charge in [-0.25, -0.2) is 8.78 Å². The van der Waals surface area contributed by atoms with E-state index in [0.717, 1.165) is 11.3 Å². The molecule has 0 radical (unpaired) electrons. The van der Waals surface area contributed by atoms with Crippen LogP contribution in [0.5, 0.6) is 0 Å². The van der Waals surface area contributed by atoms with Crippen molar-refractivity contribution in [3.05, 3.63) is 65.0 Å². The molecule has 0 fully saturated rings. The van der Waals surface area contributed by atoms with Crippen molar-refractivity contribution >= 4 is 5.91 Å². The molecule has 1 unspecified atom stereocenters. The highest BCUT2D eigenvalue weighted by Gasteiger charge is 2.16. The maximum atomic E-state index is 12.5. The van der Waals surface area contributed by atoms with Crippen LogP contribution >= 0.6 is 0 Å². The predicted molar refractivity (Wildman–Crippen MR) is 100 cm³/mol. The Morgan fingerprint density at radius 1 is 1.15 bits per heavy atom. The largest absolute Gasteiger partial charge is 0.366 e. The van der Waals surface area contributed by atoms with Crippen molar-refractivity contribution in [2.24, 2.45) is 5.73 Å². The van der Waals surface area contributed by atoms with Crippen molar-refractivity contribution < 1.29 is 13.6 Å². The fourth-order valence-corrected chi connectivity index (χ4v) is 2.40. The number of carbonyl (C=O) groups excluding carboxylic acids is 1. The van der Waals surface area contributed by atoms with Crippen LogP contribution in [-0.4, -0.2) is 16.4 Å². The second-order valence-corrected chi connectivity index (χ2v) is 7.14. The normalized spacial score (nSPS) is 12.3. The van der Waals surface area contributed by atoms with E-state index in [0.29, 0.717) is 5.56 Å². The number of pyridine rings is 1. The average Bonchev–Trinajstić information content (AvgIpc) is 2.54. The summed E-state index contributed by atoms with van der Waals surface area (Å²) in [6.45, 7) is 9.96. The monoisotopic (exact) mass is 363 g/mol. The zero-order valence-electron chi connectivity index (χ0n) is 15.9. The molecule has 142 valence electrons. The number of alkyl halides is 2. The van der Waals surface area contributed by atoms with E-state index >= 15 is 0 Å². The summed E-state index contributed by atoms with van der Waals surface area (Å²) in [4.78, 5) is 14.5. The van der Waals surface area contributed by atoms with Gasteiger partial charge in [-0.1, -0.05) is 18.2 Å². The van der Waals surface area contributed by atoms with Gasteiger partial charge in [0, 0.05) is 34.6 Å². The number of hydrogen-bond donors (Lipinski definition) is 2. The lowest BCUT2D eigenvalue weighted by Gasteiger charge is -2.26. The summed E-state index contributed by atoms with van der Waals surface area (Å²) in [6, 6.07) is 9.88. The molecular formula is C20H27F2N3O. The molecule has 1 aromatic carbocycles. The zero-order chi connectivity index (χ0) is 19.9. The number of rotatable bonds is 4. The first-order valence-corrected chi connectivity index (χ1v) is 8.38. The zero-order valence-corrected chi connectivity index (χ0v) is 15.9. The summed E-state index contributed by atoms with van der Waals surface area (Å²) in [5, 5.41) is 3.36. The Balaban J connectivity index is 0.000000289. The van der Waals surface area contributed by atoms with Crippen molar-refractivity contribution in [3.8, 4) is 0 Å². The molecule has 1 amide bonds. The first-order chi connectivity index (χ1) is 12.0. The molecule has 0 aliphatic rings. The number of nitrogens with zero attached hydrogens (tertiary/aromatic N) is 1. The summed E-state index contributed by atoms with van der Waals surface area (Å²) in [5.74, 6) is -0.412. The third-order valence-corrected chi connectivity index (χ3v) is 3.49. The van der Waals surface area contributed by atoms with Crippen LogP contribution in [0.4, 0.5) is 8.78 Å². The summed E-state index contributed by atoms with van der Waals surface area (Å²) in [7, 11) is 0. The maximum Gasteiger partial charge on any atom is 0.263 e. The third-order valence-electron chi connectivity index (χ3n) is 3.49. The van der Waals surface area contributed by atoms with E-state index in [-0.39, 0.29) is 17.1 Å². The van der Waals surface area contributed by atoms with Gasteiger partial charge < -0.3 is 11.1 Å². The molecule has 0 spiro atoms. The van der Waals surface area contributed by atoms with Gasteiger partial charge in [0.05, 0.1) is 0 Å². The smallest absolute Gasteiger partial charge is 0.263 e. The van der Waals surface area contributed by atoms with Crippen LogP contribution in [0.2, 0.25) is 0 Å². The van der Waals surface area contributed by atoms with E-state index in [1.807, 2.05) is 19.9 Å². The van der Waals surface area contributed by atoms with E-state index in [9.17, 15) is 13.6 Å². The number of primary amides is 1. The number of aryl methyl sites for hydroxylation is 1. The molecule has 6 heteroatoms. The van der Waals surface area contributed by atoms with Gasteiger partial charge >= 0.3 is 0 Å². The molecule has 26 heavy (non-hydrogen) atoms. The van der Waals surface area contributed by atoms with Gasteiger partial charge in [-0.15, -0.1) is 0 Å². The lowest BCUT2D eigenvalue weighted by molar-refractivity contribution is 0.1000. The van der Waals surface area contributed by atoms with Crippen molar-refractivity contribution in [2.75, 3.05) is 0 Å². The molecule has 2 aromatic rings. The number of halogens is 2. The number of nitrogens with one attached hydrogen (secondary N) is 1. The highest BCUT2D eigenvalue weighted by atomic mass is 19.3.